The standard InChI is InChI=1S/C15H22N4/c1-2-5-15-12-18-13-19(15)9-4-8-17-11-14-6-3-7-16-10-14/h3,6-7,10,12-13,17H,2,4-5,8-9,11H2,1H3. The molecule has 2 aromatic heterocycles. The zero-order valence-corrected chi connectivity index (χ0v) is 11.5. The number of hydrogen-bond donors (Lipinski definition) is 1. The van der Waals surface area contributed by atoms with Gasteiger partial charge >= 0.3 is 0 Å². The van der Waals surface area contributed by atoms with E-state index in [-0.39, 0.29) is 0 Å². The second-order valence-corrected chi connectivity index (χ2v) is 4.72. The van der Waals surface area contributed by atoms with Crippen molar-refractivity contribution in [2.75, 3.05) is 6.54 Å². The van der Waals surface area contributed by atoms with Crippen LogP contribution in [-0.2, 0) is 19.5 Å². The van der Waals surface area contributed by atoms with Crippen molar-refractivity contribution in [3.05, 3.63) is 48.3 Å². The second kappa shape index (κ2) is 7.69. The van der Waals surface area contributed by atoms with Crippen LogP contribution < -0.4 is 5.32 Å². The van der Waals surface area contributed by atoms with Crippen LogP contribution in [0.15, 0.2) is 37.1 Å². The lowest BCUT2D eigenvalue weighted by molar-refractivity contribution is 0.566. The van der Waals surface area contributed by atoms with E-state index in [0.29, 0.717) is 0 Å². The summed E-state index contributed by atoms with van der Waals surface area (Å²) in [5.41, 5.74) is 2.58. The Bertz CT molecular complexity index is 464. The van der Waals surface area contributed by atoms with Gasteiger partial charge in [-0.3, -0.25) is 4.98 Å². The number of rotatable bonds is 8. The molecule has 0 spiro atoms. The topological polar surface area (TPSA) is 42.7 Å². The number of aromatic nitrogens is 3. The maximum atomic E-state index is 4.22. The molecule has 0 fully saturated rings. The zero-order chi connectivity index (χ0) is 13.3. The first kappa shape index (κ1) is 13.7. The van der Waals surface area contributed by atoms with E-state index in [1.165, 1.54) is 17.7 Å². The average Bonchev–Trinajstić information content (AvgIpc) is 2.88. The third-order valence-corrected chi connectivity index (χ3v) is 3.11. The van der Waals surface area contributed by atoms with Crippen molar-refractivity contribution < 1.29 is 0 Å². The monoisotopic (exact) mass is 258 g/mol. The van der Waals surface area contributed by atoms with Gasteiger partial charge in [-0.1, -0.05) is 19.4 Å². The highest BCUT2D eigenvalue weighted by Gasteiger charge is 2.00. The van der Waals surface area contributed by atoms with E-state index in [1.54, 1.807) is 6.20 Å². The van der Waals surface area contributed by atoms with Gasteiger partial charge in [-0.05, 0) is 31.0 Å². The molecule has 1 N–H and O–H groups in total. The van der Waals surface area contributed by atoms with Crippen LogP contribution in [0.1, 0.15) is 31.0 Å². The predicted octanol–water partition coefficient (Wildman–Crippen LogP) is 2.41. The van der Waals surface area contributed by atoms with Crippen molar-refractivity contribution in [3.63, 3.8) is 0 Å². The van der Waals surface area contributed by atoms with E-state index >= 15 is 0 Å². The molecule has 0 atom stereocenters. The molecule has 2 aromatic rings. The van der Waals surface area contributed by atoms with Crippen molar-refractivity contribution in [3.8, 4) is 0 Å². The van der Waals surface area contributed by atoms with Gasteiger partial charge in [0.05, 0.1) is 6.33 Å². The molecule has 0 bridgehead atoms. The van der Waals surface area contributed by atoms with Crippen molar-refractivity contribution in [2.45, 2.75) is 39.3 Å². The maximum absolute atomic E-state index is 4.22. The minimum Gasteiger partial charge on any atom is -0.335 e. The largest absolute Gasteiger partial charge is 0.335 e. The Morgan fingerprint density at radius 1 is 1.26 bits per heavy atom. The molecule has 0 unspecified atom stereocenters. The first-order valence-electron chi connectivity index (χ1n) is 6.98. The van der Waals surface area contributed by atoms with Crippen LogP contribution in [0, 0.1) is 0 Å². The first-order valence-corrected chi connectivity index (χ1v) is 6.98. The molecule has 4 heteroatoms. The van der Waals surface area contributed by atoms with Crippen molar-refractivity contribution in [2.24, 2.45) is 0 Å². The van der Waals surface area contributed by atoms with Crippen LogP contribution in [0.4, 0.5) is 0 Å². The van der Waals surface area contributed by atoms with E-state index in [1.807, 2.05) is 24.8 Å². The molecule has 0 aliphatic carbocycles. The Morgan fingerprint density at radius 3 is 3.00 bits per heavy atom. The summed E-state index contributed by atoms with van der Waals surface area (Å²) in [6, 6.07) is 4.06. The minimum absolute atomic E-state index is 0.888. The van der Waals surface area contributed by atoms with Gasteiger partial charge in [-0.2, -0.15) is 0 Å². The summed E-state index contributed by atoms with van der Waals surface area (Å²) < 4.78 is 2.26. The fraction of sp³-hybridized carbons (Fsp3) is 0.467. The van der Waals surface area contributed by atoms with Gasteiger partial charge in [0.1, 0.15) is 0 Å². The lowest BCUT2D eigenvalue weighted by atomic mass is 10.2. The summed E-state index contributed by atoms with van der Waals surface area (Å²) in [7, 11) is 0. The first-order chi connectivity index (χ1) is 9.40. The number of nitrogens with one attached hydrogen (secondary N) is 1. The Balaban J connectivity index is 1.65. The molecular weight excluding hydrogens is 236 g/mol. The van der Waals surface area contributed by atoms with Gasteiger partial charge in [0.2, 0.25) is 0 Å². The van der Waals surface area contributed by atoms with Crippen molar-refractivity contribution >= 4 is 0 Å². The van der Waals surface area contributed by atoms with Gasteiger partial charge in [-0.15, -0.1) is 0 Å². The van der Waals surface area contributed by atoms with Gasteiger partial charge < -0.3 is 9.88 Å². The summed E-state index contributed by atoms with van der Waals surface area (Å²) in [4.78, 5) is 8.33. The third-order valence-electron chi connectivity index (χ3n) is 3.11. The fourth-order valence-corrected chi connectivity index (χ4v) is 2.12. The van der Waals surface area contributed by atoms with Crippen LogP contribution >= 0.6 is 0 Å². The minimum atomic E-state index is 0.888. The van der Waals surface area contributed by atoms with Crippen LogP contribution in [0.2, 0.25) is 0 Å². The lowest BCUT2D eigenvalue weighted by Crippen LogP contribution is -2.17. The summed E-state index contributed by atoms with van der Waals surface area (Å²) >= 11 is 0. The molecule has 2 rings (SSSR count). The Kier molecular flexibility index (Phi) is 5.56. The average molecular weight is 258 g/mol. The third kappa shape index (κ3) is 4.48. The van der Waals surface area contributed by atoms with E-state index in [4.69, 9.17) is 0 Å². The Hall–Kier alpha value is -1.68. The Labute approximate surface area is 114 Å². The van der Waals surface area contributed by atoms with Crippen LogP contribution in [-0.4, -0.2) is 21.1 Å². The number of aryl methyl sites for hydroxylation is 2. The molecule has 0 saturated carbocycles. The maximum Gasteiger partial charge on any atom is 0.0948 e. The SMILES string of the molecule is CCCc1cncn1CCCNCc1cccnc1. The molecule has 4 nitrogen and oxygen atoms in total. The quantitative estimate of drug-likeness (QED) is 0.739. The fourth-order valence-electron chi connectivity index (χ4n) is 2.12. The van der Waals surface area contributed by atoms with Crippen LogP contribution in [0.25, 0.3) is 0 Å². The number of hydrogen-bond acceptors (Lipinski definition) is 3. The molecule has 102 valence electrons. The Morgan fingerprint density at radius 2 is 2.21 bits per heavy atom. The number of imidazole rings is 1. The van der Waals surface area contributed by atoms with Crippen LogP contribution in [0.5, 0.6) is 0 Å². The molecule has 0 aromatic carbocycles. The normalized spacial score (nSPS) is 10.8. The van der Waals surface area contributed by atoms with Crippen molar-refractivity contribution in [1.29, 1.82) is 0 Å². The van der Waals surface area contributed by atoms with Gasteiger partial charge in [0.25, 0.3) is 0 Å². The highest BCUT2D eigenvalue weighted by molar-refractivity contribution is 5.07. The van der Waals surface area contributed by atoms with Gasteiger partial charge in [0.15, 0.2) is 0 Å². The number of pyridine rings is 1. The molecule has 0 aliphatic heterocycles. The summed E-state index contributed by atoms with van der Waals surface area (Å²) in [5.74, 6) is 0. The van der Waals surface area contributed by atoms with Crippen LogP contribution in [0.3, 0.4) is 0 Å². The van der Waals surface area contributed by atoms with E-state index in [9.17, 15) is 0 Å². The molecule has 19 heavy (non-hydrogen) atoms. The second-order valence-electron chi connectivity index (χ2n) is 4.72. The van der Waals surface area contributed by atoms with E-state index in [2.05, 4.69) is 32.8 Å². The van der Waals surface area contributed by atoms with Gasteiger partial charge in [-0.25, -0.2) is 4.98 Å². The highest BCUT2D eigenvalue weighted by atomic mass is 15.0. The van der Waals surface area contributed by atoms with Gasteiger partial charge in [0, 0.05) is 37.4 Å². The number of nitrogens with zero attached hydrogens (tertiary/aromatic N) is 3. The smallest absolute Gasteiger partial charge is 0.0948 e. The summed E-state index contributed by atoms with van der Waals surface area (Å²) in [5, 5.41) is 3.44. The highest BCUT2D eigenvalue weighted by Crippen LogP contribution is 2.03. The molecule has 0 saturated heterocycles. The summed E-state index contributed by atoms with van der Waals surface area (Å²) in [6.07, 6.45) is 11.0. The predicted molar refractivity (Wildman–Crippen MR) is 76.8 cm³/mol. The molecule has 2 heterocycles. The zero-order valence-electron chi connectivity index (χ0n) is 11.5. The lowest BCUT2D eigenvalue weighted by Gasteiger charge is -2.08. The molecule has 0 aliphatic rings. The van der Waals surface area contributed by atoms with E-state index < -0.39 is 0 Å². The van der Waals surface area contributed by atoms with Crippen molar-refractivity contribution in [1.82, 2.24) is 19.9 Å². The van der Waals surface area contributed by atoms with E-state index in [0.717, 1.165) is 32.5 Å². The molecule has 0 amide bonds. The molecular formula is C15H22N4. The molecule has 0 radical (unpaired) electrons. The summed E-state index contributed by atoms with van der Waals surface area (Å²) in [6.45, 7) is 5.14.